The predicted molar refractivity (Wildman–Crippen MR) is 74.5 cm³/mol. The zero-order valence-electron chi connectivity index (χ0n) is 11.5. The highest BCUT2D eigenvalue weighted by molar-refractivity contribution is 7.89. The van der Waals surface area contributed by atoms with Gasteiger partial charge in [0.1, 0.15) is 5.82 Å². The molecule has 0 bridgehead atoms. The van der Waals surface area contributed by atoms with Crippen LogP contribution < -0.4 is 4.72 Å². The standard InChI is InChI=1S/C13H16FN3O3S/c1-10-12(14)7-11(9-18)8-13(10)21(19,20)16-4-6-17-5-2-3-15-17/h2-3,5,7-8,16,18H,4,6,9H2,1H3. The molecule has 2 aromatic rings. The van der Waals surface area contributed by atoms with Crippen LogP contribution in [-0.2, 0) is 23.2 Å². The summed E-state index contributed by atoms with van der Waals surface area (Å²) in [6, 6.07) is 4.13. The van der Waals surface area contributed by atoms with Crippen LogP contribution in [0.4, 0.5) is 4.39 Å². The van der Waals surface area contributed by atoms with E-state index in [4.69, 9.17) is 5.11 Å². The summed E-state index contributed by atoms with van der Waals surface area (Å²) in [6.07, 6.45) is 3.31. The van der Waals surface area contributed by atoms with Crippen molar-refractivity contribution in [2.75, 3.05) is 6.54 Å². The van der Waals surface area contributed by atoms with Crippen LogP contribution in [-0.4, -0.2) is 29.8 Å². The Morgan fingerprint density at radius 2 is 2.19 bits per heavy atom. The summed E-state index contributed by atoms with van der Waals surface area (Å²) >= 11 is 0. The molecule has 0 aliphatic carbocycles. The van der Waals surface area contributed by atoms with Gasteiger partial charge in [0.2, 0.25) is 10.0 Å². The normalized spacial score (nSPS) is 11.8. The Balaban J connectivity index is 2.17. The first-order chi connectivity index (χ1) is 9.94. The predicted octanol–water partition coefficient (Wildman–Crippen LogP) is 0.801. The molecule has 1 aromatic carbocycles. The van der Waals surface area contributed by atoms with Gasteiger partial charge in [0.05, 0.1) is 18.0 Å². The number of aliphatic hydroxyl groups is 1. The third-order valence-electron chi connectivity index (χ3n) is 3.02. The van der Waals surface area contributed by atoms with Crippen LogP contribution in [0, 0.1) is 12.7 Å². The Kier molecular flexibility index (Phi) is 4.71. The lowest BCUT2D eigenvalue weighted by Gasteiger charge is -2.11. The molecular weight excluding hydrogens is 297 g/mol. The molecule has 0 fully saturated rings. The minimum atomic E-state index is -3.84. The second-order valence-corrected chi connectivity index (χ2v) is 6.26. The second-order valence-electron chi connectivity index (χ2n) is 4.53. The van der Waals surface area contributed by atoms with E-state index in [1.807, 2.05) is 0 Å². The first-order valence-electron chi connectivity index (χ1n) is 6.31. The molecule has 6 nitrogen and oxygen atoms in total. The van der Waals surface area contributed by atoms with E-state index in [0.29, 0.717) is 6.54 Å². The molecular formula is C13H16FN3O3S. The van der Waals surface area contributed by atoms with Crippen LogP contribution in [0.5, 0.6) is 0 Å². The van der Waals surface area contributed by atoms with Crippen molar-refractivity contribution >= 4 is 10.0 Å². The first kappa shape index (κ1) is 15.6. The molecule has 0 saturated heterocycles. The molecule has 1 aromatic heterocycles. The van der Waals surface area contributed by atoms with E-state index in [1.54, 1.807) is 23.1 Å². The minimum absolute atomic E-state index is 0.0267. The Labute approximate surface area is 122 Å². The second kappa shape index (κ2) is 6.33. The van der Waals surface area contributed by atoms with Crippen molar-refractivity contribution in [2.45, 2.75) is 25.0 Å². The number of aliphatic hydroxyl groups excluding tert-OH is 1. The summed E-state index contributed by atoms with van der Waals surface area (Å²) in [5, 5.41) is 13.0. The van der Waals surface area contributed by atoms with Crippen molar-refractivity contribution < 1.29 is 17.9 Å². The lowest BCUT2D eigenvalue weighted by atomic mass is 10.1. The number of nitrogens with one attached hydrogen (secondary N) is 1. The summed E-state index contributed by atoms with van der Waals surface area (Å²) in [4.78, 5) is -0.160. The quantitative estimate of drug-likeness (QED) is 0.826. The van der Waals surface area contributed by atoms with Crippen molar-refractivity contribution in [3.8, 4) is 0 Å². The van der Waals surface area contributed by atoms with Crippen molar-refractivity contribution in [2.24, 2.45) is 0 Å². The third-order valence-corrected chi connectivity index (χ3v) is 4.61. The number of rotatable bonds is 6. The molecule has 0 aliphatic heterocycles. The van der Waals surface area contributed by atoms with Crippen molar-refractivity contribution in [3.05, 3.63) is 47.5 Å². The maximum atomic E-state index is 13.7. The minimum Gasteiger partial charge on any atom is -0.392 e. The summed E-state index contributed by atoms with van der Waals surface area (Å²) < 4.78 is 42.1. The van der Waals surface area contributed by atoms with Gasteiger partial charge < -0.3 is 5.11 Å². The first-order valence-corrected chi connectivity index (χ1v) is 7.79. The largest absolute Gasteiger partial charge is 0.392 e. The van der Waals surface area contributed by atoms with E-state index in [-0.39, 0.29) is 22.6 Å². The van der Waals surface area contributed by atoms with E-state index in [2.05, 4.69) is 9.82 Å². The van der Waals surface area contributed by atoms with Crippen LogP contribution in [0.3, 0.4) is 0 Å². The molecule has 8 heteroatoms. The molecule has 0 amide bonds. The van der Waals surface area contributed by atoms with Crippen LogP contribution >= 0.6 is 0 Å². The molecule has 2 N–H and O–H groups in total. The molecule has 1 heterocycles. The van der Waals surface area contributed by atoms with Gasteiger partial charge in [0.15, 0.2) is 0 Å². The summed E-state index contributed by atoms with van der Waals surface area (Å²) in [6.45, 7) is 1.47. The molecule has 0 spiro atoms. The van der Waals surface area contributed by atoms with Gasteiger partial charge in [-0.1, -0.05) is 0 Å². The number of hydrogen-bond acceptors (Lipinski definition) is 4. The van der Waals surface area contributed by atoms with Gasteiger partial charge in [-0.3, -0.25) is 4.68 Å². The average Bonchev–Trinajstić information content (AvgIpc) is 2.94. The third kappa shape index (κ3) is 3.66. The van der Waals surface area contributed by atoms with Gasteiger partial charge in [-0.15, -0.1) is 0 Å². The monoisotopic (exact) mass is 313 g/mol. The molecule has 21 heavy (non-hydrogen) atoms. The molecule has 0 radical (unpaired) electrons. The average molecular weight is 313 g/mol. The lowest BCUT2D eigenvalue weighted by Crippen LogP contribution is -2.28. The Morgan fingerprint density at radius 1 is 1.43 bits per heavy atom. The van der Waals surface area contributed by atoms with Crippen LogP contribution in [0.1, 0.15) is 11.1 Å². The summed E-state index contributed by atoms with van der Waals surface area (Å²) in [5.41, 5.74) is 0.240. The zero-order chi connectivity index (χ0) is 15.5. The maximum absolute atomic E-state index is 13.7. The fourth-order valence-corrected chi connectivity index (χ4v) is 3.21. The molecule has 0 saturated carbocycles. The fraction of sp³-hybridized carbons (Fsp3) is 0.308. The Morgan fingerprint density at radius 3 is 2.81 bits per heavy atom. The highest BCUT2D eigenvalue weighted by atomic mass is 32.2. The van der Waals surface area contributed by atoms with Gasteiger partial charge in [0.25, 0.3) is 0 Å². The van der Waals surface area contributed by atoms with Crippen LogP contribution in [0.25, 0.3) is 0 Å². The molecule has 0 aliphatic rings. The van der Waals surface area contributed by atoms with E-state index in [1.165, 1.54) is 13.0 Å². The van der Waals surface area contributed by atoms with E-state index < -0.39 is 22.4 Å². The number of benzene rings is 1. The maximum Gasteiger partial charge on any atom is 0.241 e. The summed E-state index contributed by atoms with van der Waals surface area (Å²) in [5.74, 6) is -0.658. The van der Waals surface area contributed by atoms with Crippen LogP contribution in [0.15, 0.2) is 35.5 Å². The highest BCUT2D eigenvalue weighted by Crippen LogP contribution is 2.20. The zero-order valence-corrected chi connectivity index (χ0v) is 12.3. The molecule has 0 atom stereocenters. The Hall–Kier alpha value is -1.77. The lowest BCUT2D eigenvalue weighted by molar-refractivity contribution is 0.281. The van der Waals surface area contributed by atoms with E-state index in [0.717, 1.165) is 6.07 Å². The van der Waals surface area contributed by atoms with Gasteiger partial charge in [-0.25, -0.2) is 17.5 Å². The number of aromatic nitrogens is 2. The fourth-order valence-electron chi connectivity index (χ4n) is 1.88. The number of hydrogen-bond donors (Lipinski definition) is 2. The smallest absolute Gasteiger partial charge is 0.241 e. The topological polar surface area (TPSA) is 84.2 Å². The summed E-state index contributed by atoms with van der Waals surface area (Å²) in [7, 11) is -3.84. The SMILES string of the molecule is Cc1c(F)cc(CO)cc1S(=O)(=O)NCCn1cccn1. The van der Waals surface area contributed by atoms with Gasteiger partial charge in [-0.2, -0.15) is 5.10 Å². The Bertz CT molecular complexity index is 715. The molecule has 0 unspecified atom stereocenters. The van der Waals surface area contributed by atoms with E-state index >= 15 is 0 Å². The van der Waals surface area contributed by atoms with Gasteiger partial charge in [0, 0.05) is 24.5 Å². The number of nitrogens with zero attached hydrogens (tertiary/aromatic N) is 2. The van der Waals surface area contributed by atoms with E-state index in [9.17, 15) is 12.8 Å². The van der Waals surface area contributed by atoms with Crippen molar-refractivity contribution in [1.29, 1.82) is 0 Å². The number of sulfonamides is 1. The van der Waals surface area contributed by atoms with Crippen molar-refractivity contribution in [3.63, 3.8) is 0 Å². The van der Waals surface area contributed by atoms with Gasteiger partial charge in [-0.05, 0) is 30.7 Å². The molecule has 2 rings (SSSR count). The van der Waals surface area contributed by atoms with Crippen LogP contribution in [0.2, 0.25) is 0 Å². The number of halogens is 1. The van der Waals surface area contributed by atoms with Crippen molar-refractivity contribution in [1.82, 2.24) is 14.5 Å². The highest BCUT2D eigenvalue weighted by Gasteiger charge is 2.19. The van der Waals surface area contributed by atoms with Gasteiger partial charge >= 0.3 is 0 Å². The molecule has 114 valence electrons.